The van der Waals surface area contributed by atoms with Gasteiger partial charge in [-0.1, -0.05) is 18.2 Å². The van der Waals surface area contributed by atoms with Gasteiger partial charge in [-0.3, -0.25) is 4.79 Å². The third-order valence-electron chi connectivity index (χ3n) is 3.66. The van der Waals surface area contributed by atoms with Crippen LogP contribution in [0, 0.1) is 0 Å². The summed E-state index contributed by atoms with van der Waals surface area (Å²) >= 11 is 0. The molecule has 1 amide bonds. The summed E-state index contributed by atoms with van der Waals surface area (Å²) in [6.07, 6.45) is 0.180. The van der Waals surface area contributed by atoms with E-state index in [1.807, 2.05) is 0 Å². The standard InChI is InChI=1S/C20H22N2O5/c1-3-27-20(25)16-9-4-5-10-17(16)21-12-11-18(23)22-15-8-6-7-14(13-15)19(24)26-2/h4-10,13,21H,3,11-12H2,1-2H3,(H,22,23). The van der Waals surface area contributed by atoms with Crippen molar-refractivity contribution in [3.63, 3.8) is 0 Å². The number of esters is 2. The molecule has 0 aromatic heterocycles. The summed E-state index contributed by atoms with van der Waals surface area (Å²) in [5.41, 5.74) is 1.90. The third-order valence-corrected chi connectivity index (χ3v) is 3.66. The number of ether oxygens (including phenoxy) is 2. The van der Waals surface area contributed by atoms with Crippen LogP contribution in [-0.4, -0.2) is 38.1 Å². The van der Waals surface area contributed by atoms with Crippen LogP contribution in [0.3, 0.4) is 0 Å². The van der Waals surface area contributed by atoms with Crippen molar-refractivity contribution in [1.82, 2.24) is 0 Å². The van der Waals surface area contributed by atoms with Crippen molar-refractivity contribution >= 4 is 29.2 Å². The zero-order valence-electron chi connectivity index (χ0n) is 15.3. The van der Waals surface area contributed by atoms with Gasteiger partial charge >= 0.3 is 11.9 Å². The molecule has 0 heterocycles. The second kappa shape index (κ2) is 9.96. The highest BCUT2D eigenvalue weighted by molar-refractivity contribution is 5.96. The smallest absolute Gasteiger partial charge is 0.340 e. The van der Waals surface area contributed by atoms with Crippen LogP contribution in [0.1, 0.15) is 34.1 Å². The van der Waals surface area contributed by atoms with Crippen molar-refractivity contribution in [3.05, 3.63) is 59.7 Å². The Balaban J connectivity index is 1.90. The predicted octanol–water partition coefficient (Wildman–Crippen LogP) is 3.09. The molecule has 142 valence electrons. The quantitative estimate of drug-likeness (QED) is 0.694. The summed E-state index contributed by atoms with van der Waals surface area (Å²) in [5, 5.41) is 5.80. The fourth-order valence-electron chi connectivity index (χ4n) is 2.40. The number of anilines is 2. The molecule has 7 heteroatoms. The normalized spacial score (nSPS) is 10.0. The summed E-state index contributed by atoms with van der Waals surface area (Å²) in [7, 11) is 1.30. The van der Waals surface area contributed by atoms with Crippen LogP contribution in [0.2, 0.25) is 0 Å². The minimum atomic E-state index is -0.469. The first-order valence-corrected chi connectivity index (χ1v) is 8.53. The molecule has 0 atom stereocenters. The molecular formula is C20H22N2O5. The van der Waals surface area contributed by atoms with Crippen LogP contribution in [-0.2, 0) is 14.3 Å². The highest BCUT2D eigenvalue weighted by atomic mass is 16.5. The van der Waals surface area contributed by atoms with E-state index in [0.29, 0.717) is 35.7 Å². The fraction of sp³-hybridized carbons (Fsp3) is 0.250. The van der Waals surface area contributed by atoms with Gasteiger partial charge in [0.25, 0.3) is 0 Å². The van der Waals surface area contributed by atoms with E-state index in [-0.39, 0.29) is 12.3 Å². The number of para-hydroxylation sites is 1. The molecule has 0 aliphatic heterocycles. The number of rotatable bonds is 8. The van der Waals surface area contributed by atoms with E-state index < -0.39 is 11.9 Å². The van der Waals surface area contributed by atoms with Crippen molar-refractivity contribution in [1.29, 1.82) is 0 Å². The lowest BCUT2D eigenvalue weighted by Crippen LogP contribution is -2.17. The Kier molecular flexibility index (Phi) is 7.37. The molecule has 0 saturated heterocycles. The molecule has 0 saturated carbocycles. The molecule has 0 spiro atoms. The topological polar surface area (TPSA) is 93.7 Å². The number of hydrogen-bond acceptors (Lipinski definition) is 6. The van der Waals surface area contributed by atoms with Crippen LogP contribution in [0.15, 0.2) is 48.5 Å². The molecule has 0 radical (unpaired) electrons. The summed E-state index contributed by atoms with van der Waals surface area (Å²) in [5.74, 6) is -1.11. The Morgan fingerprint density at radius 1 is 1.00 bits per heavy atom. The molecule has 2 aromatic carbocycles. The molecule has 7 nitrogen and oxygen atoms in total. The van der Waals surface area contributed by atoms with Crippen molar-refractivity contribution in [2.24, 2.45) is 0 Å². The summed E-state index contributed by atoms with van der Waals surface area (Å²) in [6, 6.07) is 13.5. The predicted molar refractivity (Wildman–Crippen MR) is 102 cm³/mol. The lowest BCUT2D eigenvalue weighted by Gasteiger charge is -2.11. The minimum absolute atomic E-state index is 0.180. The molecule has 0 aliphatic carbocycles. The van der Waals surface area contributed by atoms with Gasteiger partial charge in [-0.05, 0) is 37.3 Å². The van der Waals surface area contributed by atoms with E-state index >= 15 is 0 Å². The largest absolute Gasteiger partial charge is 0.465 e. The Morgan fingerprint density at radius 2 is 1.78 bits per heavy atom. The monoisotopic (exact) mass is 370 g/mol. The zero-order chi connectivity index (χ0) is 19.6. The van der Waals surface area contributed by atoms with Gasteiger partial charge in [-0.15, -0.1) is 0 Å². The van der Waals surface area contributed by atoms with E-state index in [0.717, 1.165) is 0 Å². The van der Waals surface area contributed by atoms with Crippen molar-refractivity contribution < 1.29 is 23.9 Å². The Labute approximate surface area is 157 Å². The van der Waals surface area contributed by atoms with Crippen LogP contribution >= 0.6 is 0 Å². The van der Waals surface area contributed by atoms with Gasteiger partial charge in [-0.2, -0.15) is 0 Å². The summed E-state index contributed by atoms with van der Waals surface area (Å²) in [6.45, 7) is 2.37. The Bertz CT molecular complexity index is 820. The van der Waals surface area contributed by atoms with E-state index in [2.05, 4.69) is 15.4 Å². The van der Waals surface area contributed by atoms with Gasteiger partial charge in [0.2, 0.25) is 5.91 Å². The van der Waals surface area contributed by atoms with Gasteiger partial charge in [0.1, 0.15) is 0 Å². The minimum Gasteiger partial charge on any atom is -0.465 e. The molecule has 2 rings (SSSR count). The Morgan fingerprint density at radius 3 is 2.52 bits per heavy atom. The van der Waals surface area contributed by atoms with Gasteiger partial charge in [0.05, 0.1) is 24.8 Å². The zero-order valence-corrected chi connectivity index (χ0v) is 15.3. The maximum atomic E-state index is 12.1. The second-order valence-electron chi connectivity index (χ2n) is 5.56. The van der Waals surface area contributed by atoms with Crippen molar-refractivity contribution in [2.75, 3.05) is 30.9 Å². The Hall–Kier alpha value is -3.35. The lowest BCUT2D eigenvalue weighted by molar-refractivity contribution is -0.115. The molecule has 0 aliphatic rings. The van der Waals surface area contributed by atoms with Crippen molar-refractivity contribution in [2.45, 2.75) is 13.3 Å². The molecule has 0 bridgehead atoms. The van der Waals surface area contributed by atoms with E-state index in [9.17, 15) is 14.4 Å². The van der Waals surface area contributed by atoms with Crippen LogP contribution < -0.4 is 10.6 Å². The molecule has 27 heavy (non-hydrogen) atoms. The van der Waals surface area contributed by atoms with Crippen LogP contribution in [0.4, 0.5) is 11.4 Å². The third kappa shape index (κ3) is 5.85. The van der Waals surface area contributed by atoms with Gasteiger partial charge in [-0.25, -0.2) is 9.59 Å². The fourth-order valence-corrected chi connectivity index (χ4v) is 2.40. The molecule has 2 N–H and O–H groups in total. The average Bonchev–Trinajstić information content (AvgIpc) is 2.68. The molecule has 0 fully saturated rings. The van der Waals surface area contributed by atoms with E-state index in [1.54, 1.807) is 55.5 Å². The SMILES string of the molecule is CCOC(=O)c1ccccc1NCCC(=O)Nc1cccc(C(=O)OC)c1. The molecule has 2 aromatic rings. The number of carbonyl (C=O) groups excluding carboxylic acids is 3. The second-order valence-corrected chi connectivity index (χ2v) is 5.56. The van der Waals surface area contributed by atoms with Gasteiger partial charge in [0.15, 0.2) is 0 Å². The first-order valence-electron chi connectivity index (χ1n) is 8.53. The van der Waals surface area contributed by atoms with Gasteiger partial charge in [0, 0.05) is 24.3 Å². The molecule has 0 unspecified atom stereocenters. The van der Waals surface area contributed by atoms with Crippen LogP contribution in [0.25, 0.3) is 0 Å². The molecular weight excluding hydrogens is 348 g/mol. The number of hydrogen-bond donors (Lipinski definition) is 2. The number of nitrogens with one attached hydrogen (secondary N) is 2. The number of methoxy groups -OCH3 is 1. The highest BCUT2D eigenvalue weighted by Crippen LogP contribution is 2.16. The highest BCUT2D eigenvalue weighted by Gasteiger charge is 2.12. The number of amides is 1. The maximum Gasteiger partial charge on any atom is 0.340 e. The van der Waals surface area contributed by atoms with Crippen LogP contribution in [0.5, 0.6) is 0 Å². The van der Waals surface area contributed by atoms with Gasteiger partial charge < -0.3 is 20.1 Å². The lowest BCUT2D eigenvalue weighted by atomic mass is 10.1. The first-order chi connectivity index (χ1) is 13.0. The maximum absolute atomic E-state index is 12.1. The van der Waals surface area contributed by atoms with E-state index in [4.69, 9.17) is 4.74 Å². The van der Waals surface area contributed by atoms with Crippen molar-refractivity contribution in [3.8, 4) is 0 Å². The average molecular weight is 370 g/mol. The van der Waals surface area contributed by atoms with E-state index in [1.165, 1.54) is 7.11 Å². The number of benzene rings is 2. The summed E-state index contributed by atoms with van der Waals surface area (Å²) < 4.78 is 9.68. The number of carbonyl (C=O) groups is 3. The summed E-state index contributed by atoms with van der Waals surface area (Å²) in [4.78, 5) is 35.6. The first kappa shape index (κ1) is 20.0.